The third kappa shape index (κ3) is 1.60. The first-order valence-corrected chi connectivity index (χ1v) is 6.69. The molecule has 2 bridgehead atoms. The predicted octanol–water partition coefficient (Wildman–Crippen LogP) is 3.38. The van der Waals surface area contributed by atoms with E-state index in [9.17, 15) is 2.74 Å². The molecule has 2 aliphatic carbocycles. The van der Waals surface area contributed by atoms with Gasteiger partial charge in [0, 0.05) is 25.1 Å². The highest BCUT2D eigenvalue weighted by molar-refractivity contribution is 5.45. The van der Waals surface area contributed by atoms with Crippen molar-refractivity contribution in [1.29, 1.82) is 0 Å². The molecule has 0 unspecified atom stereocenters. The number of rotatable bonds is 1. The van der Waals surface area contributed by atoms with Crippen molar-refractivity contribution in [2.45, 2.75) is 49.8 Å². The fraction of sp³-hybridized carbons (Fsp3) is 0.667. The lowest BCUT2D eigenvalue weighted by Crippen LogP contribution is -2.59. The number of likely N-dealkylation sites (N-methyl/N-ethyl adjacent to an activating group) is 1. The average Bonchev–Trinajstić information content (AvgIpc) is 2.64. The smallest absolute Gasteiger partial charge is 0.119 e. The van der Waals surface area contributed by atoms with E-state index in [1.807, 2.05) is 0 Å². The normalized spacial score (nSPS) is 63.8. The molecule has 1 heterocycles. The molecule has 3 aliphatic rings. The van der Waals surface area contributed by atoms with Gasteiger partial charge in [-0.15, -0.1) is 0 Å². The van der Waals surface area contributed by atoms with Gasteiger partial charge in [-0.25, -0.2) is 0 Å². The van der Waals surface area contributed by atoms with Crippen LogP contribution in [0.2, 0.25) is 0 Å². The van der Waals surface area contributed by atoms with E-state index >= 15 is 0 Å². The van der Waals surface area contributed by atoms with Crippen LogP contribution in [-0.2, 0) is 11.8 Å². The van der Waals surface area contributed by atoms with Crippen LogP contribution >= 0.6 is 0 Å². The highest BCUT2D eigenvalue weighted by atomic mass is 16.5. The maximum absolute atomic E-state index is 9.48. The number of hydrogen-bond donors (Lipinski definition) is 0. The summed E-state index contributed by atoms with van der Waals surface area (Å²) in [5.74, 6) is -2.99. The summed E-state index contributed by atoms with van der Waals surface area (Å²) < 4.78 is 115. The Morgan fingerprint density at radius 3 is 3.35 bits per heavy atom. The Kier molecular flexibility index (Phi) is 1.13. The molecule has 1 aromatic carbocycles. The van der Waals surface area contributed by atoms with Crippen LogP contribution in [0.25, 0.3) is 0 Å². The third-order valence-electron chi connectivity index (χ3n) is 4.54. The molecule has 1 saturated carbocycles. The first-order valence-electron chi connectivity index (χ1n) is 13.2. The summed E-state index contributed by atoms with van der Waals surface area (Å²) in [7, 11) is -1.34. The van der Waals surface area contributed by atoms with Gasteiger partial charge in [-0.3, -0.25) is 0 Å². The van der Waals surface area contributed by atoms with Gasteiger partial charge in [0.1, 0.15) is 5.75 Å². The van der Waals surface area contributed by atoms with Gasteiger partial charge in [0.05, 0.1) is 11.2 Å². The van der Waals surface area contributed by atoms with Crippen LogP contribution < -0.4 is 4.74 Å². The van der Waals surface area contributed by atoms with E-state index < -0.39 is 49.9 Å². The zero-order chi connectivity index (χ0) is 25.3. The van der Waals surface area contributed by atoms with Crippen LogP contribution in [0.3, 0.4) is 0 Å². The van der Waals surface area contributed by atoms with Crippen molar-refractivity contribution in [2.75, 3.05) is 20.6 Å². The van der Waals surface area contributed by atoms with Gasteiger partial charge in [-0.2, -0.15) is 0 Å². The summed E-state index contributed by atoms with van der Waals surface area (Å²) in [6.45, 7) is 0.0304. The van der Waals surface area contributed by atoms with Crippen LogP contribution in [0.4, 0.5) is 0 Å². The monoisotopic (exact) mass is 284 g/mol. The van der Waals surface area contributed by atoms with Crippen molar-refractivity contribution in [2.24, 2.45) is 5.89 Å². The zero-order valence-electron chi connectivity index (χ0n) is 24.2. The van der Waals surface area contributed by atoms with Crippen LogP contribution in [-0.4, -0.2) is 31.5 Å². The molecule has 4 rings (SSSR count). The number of likely N-dealkylation sites (tertiary alicyclic amines) is 1. The minimum atomic E-state index is -3.45. The van der Waals surface area contributed by atoms with Crippen LogP contribution in [0.1, 0.15) is 60.9 Å². The fourth-order valence-electron chi connectivity index (χ4n) is 3.48. The molecule has 0 N–H and O–H groups in total. The number of piperidine rings is 1. The third-order valence-corrected chi connectivity index (χ3v) is 4.54. The summed E-state index contributed by atoms with van der Waals surface area (Å²) >= 11 is 0. The summed E-state index contributed by atoms with van der Waals surface area (Å²) in [5.41, 5.74) is -1.98. The Morgan fingerprint density at radius 2 is 2.45 bits per heavy atom. The molecular formula is C18H25NO. The predicted molar refractivity (Wildman–Crippen MR) is 81.4 cm³/mol. The molecule has 0 amide bonds. The Hall–Kier alpha value is -1.02. The molecule has 108 valence electrons. The van der Waals surface area contributed by atoms with E-state index in [4.69, 9.17) is 19.8 Å². The minimum absolute atomic E-state index is 0.0107. The number of methoxy groups -OCH3 is 1. The van der Waals surface area contributed by atoms with Crippen molar-refractivity contribution >= 4 is 0 Å². The Morgan fingerprint density at radius 1 is 1.50 bits per heavy atom. The van der Waals surface area contributed by atoms with Crippen LogP contribution in [0.15, 0.2) is 18.2 Å². The lowest BCUT2D eigenvalue weighted by Gasteiger charge is -2.58. The SMILES string of the molecule is [2H]C([2H])([2H])Oc1ccc2c(c1)[C@@]13CCN(C)[C@@]([2H])(C2)[C@@]1([2H])C([2H])([2H])C([2H])([2H])C([2H])([2H])C3([2H])[2H]. The first kappa shape index (κ1) is 5.01. The van der Waals surface area contributed by atoms with Crippen molar-refractivity contribution in [3.63, 3.8) is 0 Å². The van der Waals surface area contributed by atoms with Crippen molar-refractivity contribution < 1.29 is 22.6 Å². The number of benzene rings is 1. The topological polar surface area (TPSA) is 12.5 Å². The highest BCUT2D eigenvalue weighted by Gasteiger charge is 2.53. The second kappa shape index (κ2) is 4.49. The van der Waals surface area contributed by atoms with E-state index in [2.05, 4.69) is 0 Å². The quantitative estimate of drug-likeness (QED) is 0.784. The molecular weight excluding hydrogens is 246 g/mol. The molecule has 1 aromatic rings. The molecule has 20 heavy (non-hydrogen) atoms. The molecule has 2 heteroatoms. The maximum atomic E-state index is 9.48. The van der Waals surface area contributed by atoms with Crippen molar-refractivity contribution in [3.8, 4) is 5.75 Å². The van der Waals surface area contributed by atoms with Crippen LogP contribution in [0.5, 0.6) is 5.75 Å². The van der Waals surface area contributed by atoms with Crippen LogP contribution in [0, 0.1) is 5.89 Å². The average molecular weight is 284 g/mol. The van der Waals surface area contributed by atoms with Crippen molar-refractivity contribution in [1.82, 2.24) is 4.90 Å². The molecule has 1 aliphatic heterocycles. The lowest BCUT2D eigenvalue weighted by molar-refractivity contribution is 0.00274. The molecule has 0 radical (unpaired) electrons. The summed E-state index contributed by atoms with van der Waals surface area (Å²) in [4.78, 5) is 1.40. The highest BCUT2D eigenvalue weighted by Crippen LogP contribution is 2.55. The number of hydrogen-bond acceptors (Lipinski definition) is 2. The lowest BCUT2D eigenvalue weighted by atomic mass is 9.52. The van der Waals surface area contributed by atoms with Gasteiger partial charge in [0.25, 0.3) is 0 Å². The molecule has 2 fully saturated rings. The second-order valence-electron chi connectivity index (χ2n) is 5.50. The Labute approximate surface area is 140 Å². The molecule has 2 nitrogen and oxygen atoms in total. The molecule has 0 spiro atoms. The van der Waals surface area contributed by atoms with Gasteiger partial charge >= 0.3 is 0 Å². The fourth-order valence-corrected chi connectivity index (χ4v) is 3.48. The summed E-state index contributed by atoms with van der Waals surface area (Å²) in [5, 5.41) is 0. The van der Waals surface area contributed by atoms with Gasteiger partial charge in [-0.05, 0) is 68.3 Å². The minimum Gasteiger partial charge on any atom is -0.497 e. The Bertz CT molecular complexity index is 1010. The summed E-state index contributed by atoms with van der Waals surface area (Å²) in [6.07, 6.45) is -13.8. The van der Waals surface area contributed by atoms with E-state index in [0.29, 0.717) is 5.56 Å². The largest absolute Gasteiger partial charge is 0.497 e. The van der Waals surface area contributed by atoms with Crippen molar-refractivity contribution in [3.05, 3.63) is 29.3 Å². The second-order valence-corrected chi connectivity index (χ2v) is 5.50. The molecule has 1 saturated heterocycles. The van der Waals surface area contributed by atoms with E-state index in [1.54, 1.807) is 0 Å². The first-order chi connectivity index (χ1) is 14.7. The molecule has 3 atom stereocenters. The van der Waals surface area contributed by atoms with E-state index in [-0.39, 0.29) is 30.7 Å². The summed E-state index contributed by atoms with van der Waals surface area (Å²) in [6, 6.07) is 1.83. The van der Waals surface area contributed by atoms with Gasteiger partial charge in [-0.1, -0.05) is 18.8 Å². The number of fused-ring (bicyclic) bond motifs is 1. The number of ether oxygens (including phenoxy) is 1. The van der Waals surface area contributed by atoms with Gasteiger partial charge in [0.15, 0.2) is 0 Å². The maximum Gasteiger partial charge on any atom is 0.119 e. The number of nitrogens with zero attached hydrogens (tertiary/aromatic N) is 1. The van der Waals surface area contributed by atoms with Gasteiger partial charge in [0.2, 0.25) is 0 Å². The van der Waals surface area contributed by atoms with Gasteiger partial charge < -0.3 is 9.64 Å². The Balaban J connectivity index is 2.16. The standard InChI is InChI=1S/C18H25NO/c1-19-10-9-18-8-4-3-5-15(18)17(19)11-13-6-7-14(20-2)12-16(13)18/h6-7,12,15,17H,3-5,8-11H2,1-2H3/t15-,17+,18+/m1/s1/i2D3,3D2,4D2,5D2,8D2,15D,17D. The van der Waals surface area contributed by atoms with E-state index in [0.717, 1.165) is 0 Å². The molecule has 0 aromatic heterocycles. The van der Waals surface area contributed by atoms with E-state index in [1.165, 1.54) is 30.1 Å². The zero-order valence-corrected chi connectivity index (χ0v) is 11.2.